The van der Waals surface area contributed by atoms with Crippen LogP contribution < -0.4 is 10.1 Å². The molecule has 0 aromatic heterocycles. The number of piperazine rings is 1. The molecule has 45 heavy (non-hydrogen) atoms. The molecule has 3 fully saturated rings. The number of rotatable bonds is 11. The maximum absolute atomic E-state index is 13.9. The molecule has 2 aliphatic heterocycles. The van der Waals surface area contributed by atoms with Crippen molar-refractivity contribution in [3.05, 3.63) is 65.2 Å². The van der Waals surface area contributed by atoms with Crippen molar-refractivity contribution in [1.29, 1.82) is 0 Å². The van der Waals surface area contributed by atoms with Crippen molar-refractivity contribution < 1.29 is 29.3 Å². The fraction of sp³-hybridized carbons (Fsp3) is 0.571. The highest BCUT2D eigenvalue weighted by molar-refractivity contribution is 6.00. The number of hydrogen-bond acceptors (Lipinski definition) is 6. The Balaban J connectivity index is 0.00000461. The van der Waals surface area contributed by atoms with Gasteiger partial charge in [-0.05, 0) is 73.4 Å². The van der Waals surface area contributed by atoms with Crippen LogP contribution in [0.3, 0.4) is 0 Å². The number of aromatic carboxylic acids is 1. The normalized spacial score (nSPS) is 21.5. The van der Waals surface area contributed by atoms with Crippen LogP contribution in [0.1, 0.15) is 92.6 Å². The van der Waals surface area contributed by atoms with E-state index in [0.29, 0.717) is 44.8 Å². The first-order chi connectivity index (χ1) is 21.3. The largest absolute Gasteiger partial charge is 0.489 e. The second kappa shape index (κ2) is 15.9. The number of aliphatic hydroxyl groups excluding tert-OH is 1. The number of benzene rings is 2. The zero-order valence-corrected chi connectivity index (χ0v) is 27.1. The zero-order chi connectivity index (χ0) is 31.1. The van der Waals surface area contributed by atoms with E-state index < -0.39 is 23.7 Å². The SMILES string of the molecule is CCCCN1C(=O)[C@@H]([C@H](O)C2CCCCCC2)NC(=O)C12CCN(Cc1ccc(COc3ccc(C(=O)O)cc3)cc1)CC2.Cl. The van der Waals surface area contributed by atoms with Gasteiger partial charge in [0.25, 0.3) is 0 Å². The van der Waals surface area contributed by atoms with E-state index in [1.54, 1.807) is 12.1 Å². The summed E-state index contributed by atoms with van der Waals surface area (Å²) in [5.41, 5.74) is 1.54. The highest BCUT2D eigenvalue weighted by Gasteiger charge is 2.55. The molecule has 10 heteroatoms. The molecule has 3 N–H and O–H groups in total. The van der Waals surface area contributed by atoms with Crippen LogP contribution in [0.15, 0.2) is 48.5 Å². The number of ether oxygens (including phenoxy) is 1. The van der Waals surface area contributed by atoms with Crippen LogP contribution in [0.5, 0.6) is 5.75 Å². The van der Waals surface area contributed by atoms with E-state index in [1.807, 2.05) is 17.0 Å². The molecular weight excluding hydrogens is 594 g/mol. The van der Waals surface area contributed by atoms with Gasteiger partial charge >= 0.3 is 5.97 Å². The number of unbranched alkanes of at least 4 members (excludes halogenated alkanes) is 1. The maximum atomic E-state index is 13.9. The number of aliphatic hydroxyl groups is 1. The van der Waals surface area contributed by atoms with E-state index in [4.69, 9.17) is 9.84 Å². The quantitative estimate of drug-likeness (QED) is 0.289. The zero-order valence-electron chi connectivity index (χ0n) is 26.3. The van der Waals surface area contributed by atoms with Crippen molar-refractivity contribution in [2.24, 2.45) is 5.92 Å². The summed E-state index contributed by atoms with van der Waals surface area (Å²) in [6.07, 6.45) is 8.37. The van der Waals surface area contributed by atoms with Gasteiger partial charge in [0, 0.05) is 26.2 Å². The summed E-state index contributed by atoms with van der Waals surface area (Å²) in [7, 11) is 0. The predicted molar refractivity (Wildman–Crippen MR) is 174 cm³/mol. The molecule has 9 nitrogen and oxygen atoms in total. The highest BCUT2D eigenvalue weighted by atomic mass is 35.5. The summed E-state index contributed by atoms with van der Waals surface area (Å²) in [5, 5.41) is 23.4. The number of halogens is 1. The summed E-state index contributed by atoms with van der Waals surface area (Å²) < 4.78 is 5.81. The Labute approximate surface area is 272 Å². The summed E-state index contributed by atoms with van der Waals surface area (Å²) in [6, 6.07) is 13.8. The van der Waals surface area contributed by atoms with Crippen molar-refractivity contribution in [3.8, 4) is 5.75 Å². The van der Waals surface area contributed by atoms with Gasteiger partial charge in [-0.3, -0.25) is 14.5 Å². The van der Waals surface area contributed by atoms with Gasteiger partial charge < -0.3 is 25.2 Å². The smallest absolute Gasteiger partial charge is 0.335 e. The number of nitrogens with one attached hydrogen (secondary N) is 1. The first-order valence-corrected chi connectivity index (χ1v) is 16.4. The Kier molecular flexibility index (Phi) is 12.3. The maximum Gasteiger partial charge on any atom is 0.335 e. The topological polar surface area (TPSA) is 119 Å². The van der Waals surface area contributed by atoms with Gasteiger partial charge in [0.1, 0.15) is 23.9 Å². The fourth-order valence-electron chi connectivity index (χ4n) is 7.07. The van der Waals surface area contributed by atoms with Gasteiger partial charge in [0.2, 0.25) is 11.8 Å². The van der Waals surface area contributed by atoms with E-state index in [2.05, 4.69) is 29.3 Å². The molecular formula is C35H48ClN3O6. The van der Waals surface area contributed by atoms with Crippen molar-refractivity contribution in [2.75, 3.05) is 19.6 Å². The van der Waals surface area contributed by atoms with Gasteiger partial charge in [-0.1, -0.05) is 63.3 Å². The lowest BCUT2D eigenvalue weighted by Gasteiger charge is -2.52. The first-order valence-electron chi connectivity index (χ1n) is 16.4. The Morgan fingerprint density at radius 3 is 2.20 bits per heavy atom. The average molecular weight is 642 g/mol. The number of carboxylic acid groups (broad SMARTS) is 1. The molecule has 0 radical (unpaired) electrons. The second-order valence-electron chi connectivity index (χ2n) is 12.8. The molecule has 2 aromatic rings. The second-order valence-corrected chi connectivity index (χ2v) is 12.8. The van der Waals surface area contributed by atoms with E-state index >= 15 is 0 Å². The summed E-state index contributed by atoms with van der Waals surface area (Å²) in [4.78, 5) is 42.9. The number of nitrogens with zero attached hydrogens (tertiary/aromatic N) is 2. The molecule has 5 rings (SSSR count). The van der Waals surface area contributed by atoms with Crippen molar-refractivity contribution in [1.82, 2.24) is 15.1 Å². The Bertz CT molecular complexity index is 1270. The van der Waals surface area contributed by atoms with E-state index in [-0.39, 0.29) is 35.7 Å². The Hall–Kier alpha value is -3.14. The molecule has 0 unspecified atom stereocenters. The third-order valence-electron chi connectivity index (χ3n) is 9.84. The lowest BCUT2D eigenvalue weighted by Crippen LogP contribution is -2.75. The Morgan fingerprint density at radius 1 is 0.978 bits per heavy atom. The molecule has 0 bridgehead atoms. The number of carbonyl (C=O) groups is 3. The molecule has 2 atom stereocenters. The average Bonchev–Trinajstić information content (AvgIpc) is 3.33. The third kappa shape index (κ3) is 8.18. The van der Waals surface area contributed by atoms with Crippen LogP contribution in [0.25, 0.3) is 0 Å². The fourth-order valence-corrected chi connectivity index (χ4v) is 7.07. The van der Waals surface area contributed by atoms with Crippen LogP contribution in [0.2, 0.25) is 0 Å². The van der Waals surface area contributed by atoms with E-state index in [1.165, 1.54) is 25.0 Å². The molecule has 2 heterocycles. The van der Waals surface area contributed by atoms with Crippen molar-refractivity contribution in [2.45, 2.75) is 102 Å². The molecule has 3 aliphatic rings. The third-order valence-corrected chi connectivity index (χ3v) is 9.84. The Morgan fingerprint density at radius 2 is 1.60 bits per heavy atom. The van der Waals surface area contributed by atoms with Crippen LogP contribution in [0, 0.1) is 5.92 Å². The monoisotopic (exact) mass is 641 g/mol. The van der Waals surface area contributed by atoms with Gasteiger partial charge in [-0.15, -0.1) is 12.4 Å². The van der Waals surface area contributed by atoms with Crippen molar-refractivity contribution in [3.63, 3.8) is 0 Å². The van der Waals surface area contributed by atoms with Gasteiger partial charge in [0.15, 0.2) is 0 Å². The van der Waals surface area contributed by atoms with Crippen LogP contribution >= 0.6 is 12.4 Å². The van der Waals surface area contributed by atoms with Crippen molar-refractivity contribution >= 4 is 30.2 Å². The number of carboxylic acids is 1. The summed E-state index contributed by atoms with van der Waals surface area (Å²) in [5.74, 6) is -0.510. The summed E-state index contributed by atoms with van der Waals surface area (Å²) in [6.45, 7) is 5.18. The van der Waals surface area contributed by atoms with Gasteiger partial charge in [-0.25, -0.2) is 4.79 Å². The minimum absolute atomic E-state index is 0. The van der Waals surface area contributed by atoms with Gasteiger partial charge in [-0.2, -0.15) is 0 Å². The molecule has 1 saturated carbocycles. The van der Waals surface area contributed by atoms with Crippen LogP contribution in [-0.4, -0.2) is 75.1 Å². The van der Waals surface area contributed by atoms with E-state index in [0.717, 1.165) is 56.2 Å². The number of hydrogen-bond donors (Lipinski definition) is 3. The predicted octanol–water partition coefficient (Wildman–Crippen LogP) is 5.18. The van der Waals surface area contributed by atoms with E-state index in [9.17, 15) is 19.5 Å². The van der Waals surface area contributed by atoms with Crippen LogP contribution in [0.4, 0.5) is 0 Å². The molecule has 2 amide bonds. The number of carbonyl (C=O) groups excluding carboxylic acids is 2. The van der Waals surface area contributed by atoms with Gasteiger partial charge in [0.05, 0.1) is 11.7 Å². The number of piperidine rings is 1. The lowest BCUT2D eigenvalue weighted by atomic mass is 9.79. The summed E-state index contributed by atoms with van der Waals surface area (Å²) >= 11 is 0. The standard InChI is InChI=1S/C35H47N3O6.ClH/c1-2-3-20-38-32(40)30(31(39)27-8-6-4-5-7-9-27)36-34(43)35(38)18-21-37(22-19-35)23-25-10-12-26(13-11-25)24-44-29-16-14-28(15-17-29)33(41)42;/h10-17,27,30-31,39H,2-9,18-24H2,1H3,(H,36,43)(H,41,42);1H/t30-,31-;/m1./s1. The molecule has 1 aliphatic carbocycles. The highest BCUT2D eigenvalue weighted by Crippen LogP contribution is 2.36. The lowest BCUT2D eigenvalue weighted by molar-refractivity contribution is -0.165. The molecule has 1 spiro atoms. The minimum atomic E-state index is -0.964. The van der Waals surface area contributed by atoms with Crippen LogP contribution in [-0.2, 0) is 22.7 Å². The molecule has 2 aromatic carbocycles. The number of likely N-dealkylation sites (tertiary alicyclic amines) is 1. The first kappa shape index (κ1) is 34.7. The molecule has 2 saturated heterocycles. The molecule has 246 valence electrons. The number of amides is 2. The minimum Gasteiger partial charge on any atom is -0.489 e.